The van der Waals surface area contributed by atoms with Crippen LogP contribution >= 0.6 is 12.2 Å². The van der Waals surface area contributed by atoms with Crippen LogP contribution in [0, 0.1) is 17.5 Å². The zero-order valence-electron chi connectivity index (χ0n) is 9.74. The Balaban J connectivity index is 2.14. The van der Waals surface area contributed by atoms with Gasteiger partial charge in [0.05, 0.1) is 12.1 Å². The van der Waals surface area contributed by atoms with Gasteiger partial charge in [0, 0.05) is 0 Å². The van der Waals surface area contributed by atoms with Crippen LogP contribution in [0.5, 0.6) is 0 Å². The number of nitrogens with one attached hydrogen (secondary N) is 1. The first kappa shape index (κ1) is 11.2. The van der Waals surface area contributed by atoms with Gasteiger partial charge in [-0.3, -0.25) is 0 Å². The summed E-state index contributed by atoms with van der Waals surface area (Å²) in [5, 5.41) is 0. The molecule has 2 aromatic heterocycles. The number of aryl methyl sites for hydroxylation is 1. The van der Waals surface area contributed by atoms with Crippen LogP contribution in [0.15, 0.2) is 34.7 Å². The maximum absolute atomic E-state index is 13.6. The van der Waals surface area contributed by atoms with Crippen molar-refractivity contribution < 1.29 is 8.81 Å². The number of hydrogen-bond donors (Lipinski definition) is 1. The lowest BCUT2D eigenvalue weighted by molar-refractivity contribution is 0.471. The Morgan fingerprint density at radius 3 is 2.89 bits per heavy atom. The molecule has 0 bridgehead atoms. The van der Waals surface area contributed by atoms with Crippen LogP contribution in [0.25, 0.3) is 11.0 Å². The van der Waals surface area contributed by atoms with E-state index in [0.29, 0.717) is 16.8 Å². The van der Waals surface area contributed by atoms with Crippen molar-refractivity contribution in [1.82, 2.24) is 9.55 Å². The van der Waals surface area contributed by atoms with Crippen LogP contribution in [0.1, 0.15) is 11.5 Å². The van der Waals surface area contributed by atoms with Gasteiger partial charge in [0.1, 0.15) is 22.9 Å². The van der Waals surface area contributed by atoms with Crippen LogP contribution in [0.3, 0.4) is 0 Å². The number of aromatic nitrogens is 2. The fraction of sp³-hybridized carbons (Fsp3) is 0.154. The van der Waals surface area contributed by atoms with Gasteiger partial charge in [0.25, 0.3) is 0 Å². The molecular formula is C13H11FN2OS. The van der Waals surface area contributed by atoms with Gasteiger partial charge in [-0.05, 0) is 43.4 Å². The number of fused-ring (bicyclic) bond motifs is 1. The quantitative estimate of drug-likeness (QED) is 0.713. The SMILES string of the molecule is Cc1ccc(Cn2c(=S)[nH]c3c(F)cccc32)o1. The number of hydrogen-bond acceptors (Lipinski definition) is 2. The van der Waals surface area contributed by atoms with Crippen LogP contribution in [0.4, 0.5) is 4.39 Å². The normalized spacial score (nSPS) is 11.2. The highest BCUT2D eigenvalue weighted by Gasteiger charge is 2.09. The third-order valence-electron chi connectivity index (χ3n) is 2.87. The number of rotatable bonds is 2. The summed E-state index contributed by atoms with van der Waals surface area (Å²) in [5.41, 5.74) is 1.18. The molecule has 92 valence electrons. The molecule has 18 heavy (non-hydrogen) atoms. The average molecular weight is 262 g/mol. The molecule has 0 fully saturated rings. The molecule has 1 N–H and O–H groups in total. The molecule has 0 aliphatic rings. The largest absolute Gasteiger partial charge is 0.464 e. The summed E-state index contributed by atoms with van der Waals surface area (Å²) in [6.07, 6.45) is 0. The standard InChI is InChI=1S/C13H11FN2OS/c1-8-5-6-9(17-8)7-16-11-4-2-3-10(14)12(11)15-13(16)18/h2-6H,7H2,1H3,(H,15,18). The second-order valence-electron chi connectivity index (χ2n) is 4.16. The van der Waals surface area contributed by atoms with Gasteiger partial charge in [-0.25, -0.2) is 4.39 Å². The first-order valence-corrected chi connectivity index (χ1v) is 5.98. The molecule has 0 unspecified atom stereocenters. The molecule has 0 spiro atoms. The predicted octanol–water partition coefficient (Wildman–Crippen LogP) is 3.79. The van der Waals surface area contributed by atoms with Gasteiger partial charge in [-0.2, -0.15) is 0 Å². The van der Waals surface area contributed by atoms with Gasteiger partial charge in [-0.1, -0.05) is 6.07 Å². The summed E-state index contributed by atoms with van der Waals surface area (Å²) in [4.78, 5) is 2.88. The maximum Gasteiger partial charge on any atom is 0.178 e. The Kier molecular flexibility index (Phi) is 2.56. The molecular weight excluding hydrogens is 251 g/mol. The number of halogens is 1. The van der Waals surface area contributed by atoms with E-state index in [0.717, 1.165) is 17.0 Å². The van der Waals surface area contributed by atoms with E-state index in [2.05, 4.69) is 4.98 Å². The van der Waals surface area contributed by atoms with Crippen molar-refractivity contribution in [3.63, 3.8) is 0 Å². The van der Waals surface area contributed by atoms with E-state index in [4.69, 9.17) is 16.6 Å². The number of aromatic amines is 1. The van der Waals surface area contributed by atoms with Crippen molar-refractivity contribution in [2.24, 2.45) is 0 Å². The topological polar surface area (TPSA) is 33.9 Å². The van der Waals surface area contributed by atoms with Crippen molar-refractivity contribution in [2.75, 3.05) is 0 Å². The van der Waals surface area contributed by atoms with E-state index < -0.39 is 0 Å². The highest BCUT2D eigenvalue weighted by molar-refractivity contribution is 7.71. The summed E-state index contributed by atoms with van der Waals surface area (Å²) in [6.45, 7) is 2.38. The molecule has 3 aromatic rings. The van der Waals surface area contributed by atoms with Crippen molar-refractivity contribution in [2.45, 2.75) is 13.5 Å². The molecule has 5 heteroatoms. The molecule has 3 rings (SSSR count). The Morgan fingerprint density at radius 2 is 2.17 bits per heavy atom. The van der Waals surface area contributed by atoms with E-state index in [1.165, 1.54) is 6.07 Å². The lowest BCUT2D eigenvalue weighted by atomic mass is 10.3. The Bertz CT molecular complexity index is 769. The van der Waals surface area contributed by atoms with Gasteiger partial charge in [0.15, 0.2) is 4.77 Å². The maximum atomic E-state index is 13.6. The summed E-state index contributed by atoms with van der Waals surface area (Å²) in [5.74, 6) is 1.35. The minimum Gasteiger partial charge on any atom is -0.464 e. The molecule has 0 aliphatic carbocycles. The van der Waals surface area contributed by atoms with Crippen LogP contribution < -0.4 is 0 Å². The summed E-state index contributed by atoms with van der Waals surface area (Å²) < 4.78 is 21.4. The van der Waals surface area contributed by atoms with Crippen LogP contribution in [-0.2, 0) is 6.54 Å². The number of nitrogens with zero attached hydrogens (tertiary/aromatic N) is 1. The van der Waals surface area contributed by atoms with Crippen molar-refractivity contribution in [3.8, 4) is 0 Å². The molecule has 0 amide bonds. The van der Waals surface area contributed by atoms with Gasteiger partial charge in [0.2, 0.25) is 0 Å². The minimum atomic E-state index is -0.298. The van der Waals surface area contributed by atoms with Gasteiger partial charge >= 0.3 is 0 Å². The highest BCUT2D eigenvalue weighted by atomic mass is 32.1. The van der Waals surface area contributed by atoms with E-state index in [-0.39, 0.29) is 5.82 Å². The van der Waals surface area contributed by atoms with Crippen LogP contribution in [-0.4, -0.2) is 9.55 Å². The van der Waals surface area contributed by atoms with Crippen molar-refractivity contribution in [1.29, 1.82) is 0 Å². The fourth-order valence-corrected chi connectivity index (χ4v) is 2.29. The monoisotopic (exact) mass is 262 g/mol. The molecule has 2 heterocycles. The smallest absolute Gasteiger partial charge is 0.178 e. The zero-order chi connectivity index (χ0) is 12.7. The lowest BCUT2D eigenvalue weighted by Gasteiger charge is -2.01. The van der Waals surface area contributed by atoms with Crippen LogP contribution in [0.2, 0.25) is 0 Å². The zero-order valence-corrected chi connectivity index (χ0v) is 10.6. The number of imidazole rings is 1. The first-order valence-electron chi connectivity index (χ1n) is 5.57. The predicted molar refractivity (Wildman–Crippen MR) is 69.6 cm³/mol. The van der Waals surface area contributed by atoms with E-state index in [1.54, 1.807) is 6.07 Å². The number of para-hydroxylation sites is 1. The number of benzene rings is 1. The second-order valence-corrected chi connectivity index (χ2v) is 4.55. The molecule has 0 saturated heterocycles. The molecule has 3 nitrogen and oxygen atoms in total. The van der Waals surface area contributed by atoms with Gasteiger partial charge in [-0.15, -0.1) is 0 Å². The Morgan fingerprint density at radius 1 is 1.33 bits per heavy atom. The number of furan rings is 1. The van der Waals surface area contributed by atoms with E-state index in [9.17, 15) is 4.39 Å². The third-order valence-corrected chi connectivity index (χ3v) is 3.19. The minimum absolute atomic E-state index is 0.298. The fourth-order valence-electron chi connectivity index (χ4n) is 2.03. The summed E-state index contributed by atoms with van der Waals surface area (Å²) in [6, 6.07) is 8.71. The molecule has 0 aliphatic heterocycles. The highest BCUT2D eigenvalue weighted by Crippen LogP contribution is 2.19. The Labute approximate surface area is 108 Å². The average Bonchev–Trinajstić information content (AvgIpc) is 2.87. The number of H-pyrrole nitrogens is 1. The molecule has 0 radical (unpaired) electrons. The lowest BCUT2D eigenvalue weighted by Crippen LogP contribution is -1.98. The second kappa shape index (κ2) is 4.10. The Hall–Kier alpha value is -1.88. The van der Waals surface area contributed by atoms with E-state index in [1.807, 2.05) is 29.7 Å². The van der Waals surface area contributed by atoms with Gasteiger partial charge < -0.3 is 14.0 Å². The third kappa shape index (κ3) is 1.76. The summed E-state index contributed by atoms with van der Waals surface area (Å²) in [7, 11) is 0. The molecule has 0 atom stereocenters. The van der Waals surface area contributed by atoms with Crippen molar-refractivity contribution >= 4 is 23.3 Å². The van der Waals surface area contributed by atoms with Crippen molar-refractivity contribution in [3.05, 3.63) is 52.4 Å². The first-order chi connectivity index (χ1) is 8.65. The van der Waals surface area contributed by atoms with E-state index >= 15 is 0 Å². The molecule has 0 saturated carbocycles. The summed E-state index contributed by atoms with van der Waals surface area (Å²) >= 11 is 5.22. The molecule has 1 aromatic carbocycles.